The van der Waals surface area contributed by atoms with Crippen molar-refractivity contribution in [3.8, 4) is 0 Å². The van der Waals surface area contributed by atoms with Crippen LogP contribution in [0.1, 0.15) is 19.4 Å². The third-order valence-electron chi connectivity index (χ3n) is 4.90. The van der Waals surface area contributed by atoms with Gasteiger partial charge in [-0.1, -0.05) is 44.2 Å². The third-order valence-corrected chi connectivity index (χ3v) is 6.74. The Morgan fingerprint density at radius 1 is 1.03 bits per heavy atom. The van der Waals surface area contributed by atoms with Crippen LogP contribution < -0.4 is 5.73 Å². The molecule has 0 saturated heterocycles. The Morgan fingerprint density at radius 3 is 2.17 bits per heavy atom. The Hall–Kier alpha value is -2.42. The molecule has 0 fully saturated rings. The van der Waals surface area contributed by atoms with Crippen molar-refractivity contribution in [1.29, 1.82) is 0 Å². The fourth-order valence-electron chi connectivity index (χ4n) is 3.28. The predicted molar refractivity (Wildman–Crippen MR) is 118 cm³/mol. The van der Waals surface area contributed by atoms with Gasteiger partial charge in [-0.3, -0.25) is 4.79 Å². The molecule has 0 radical (unpaired) electrons. The minimum atomic E-state index is -3.84. The van der Waals surface area contributed by atoms with E-state index in [9.17, 15) is 18.3 Å². The third kappa shape index (κ3) is 6.29. The van der Waals surface area contributed by atoms with E-state index in [-0.39, 0.29) is 23.9 Å². The van der Waals surface area contributed by atoms with E-state index in [0.717, 1.165) is 5.56 Å². The minimum Gasteiger partial charge on any atom is -0.399 e. The van der Waals surface area contributed by atoms with Crippen LogP contribution in [0.3, 0.4) is 0 Å². The molecule has 0 spiro atoms. The van der Waals surface area contributed by atoms with Gasteiger partial charge in [0.1, 0.15) is 0 Å². The van der Waals surface area contributed by atoms with Gasteiger partial charge in [-0.05, 0) is 42.2 Å². The molecule has 30 heavy (non-hydrogen) atoms. The summed E-state index contributed by atoms with van der Waals surface area (Å²) in [6.45, 7) is 3.95. The van der Waals surface area contributed by atoms with Gasteiger partial charge in [-0.25, -0.2) is 8.42 Å². The van der Waals surface area contributed by atoms with E-state index in [0.29, 0.717) is 18.5 Å². The maximum Gasteiger partial charge on any atom is 0.243 e. The largest absolute Gasteiger partial charge is 0.399 e. The Bertz CT molecular complexity index is 902. The summed E-state index contributed by atoms with van der Waals surface area (Å²) in [4.78, 5) is 12.9. The summed E-state index contributed by atoms with van der Waals surface area (Å²) in [6.07, 6.45) is -0.00466. The average Bonchev–Trinajstić information content (AvgIpc) is 2.71. The normalized spacial score (nSPS) is 13.9. The van der Waals surface area contributed by atoms with Gasteiger partial charge in [0.25, 0.3) is 0 Å². The Kier molecular flexibility index (Phi) is 8.40. The number of hydrogen-bond acceptors (Lipinski definition) is 5. The highest BCUT2D eigenvalue weighted by Gasteiger charge is 2.31. The van der Waals surface area contributed by atoms with Crippen LogP contribution in [0.4, 0.5) is 5.69 Å². The molecular formula is C22H31N3O4S. The number of nitrogen functional groups attached to an aromatic ring is 1. The van der Waals surface area contributed by atoms with E-state index in [4.69, 9.17) is 5.73 Å². The molecule has 0 aliphatic carbocycles. The van der Waals surface area contributed by atoms with Crippen LogP contribution in [0.2, 0.25) is 0 Å². The van der Waals surface area contributed by atoms with Crippen LogP contribution >= 0.6 is 0 Å². The molecule has 2 atom stereocenters. The van der Waals surface area contributed by atoms with E-state index in [1.807, 2.05) is 44.2 Å². The second-order valence-electron chi connectivity index (χ2n) is 7.88. The molecule has 0 unspecified atom stereocenters. The number of amides is 1. The first-order chi connectivity index (χ1) is 14.1. The molecule has 0 aliphatic rings. The topological polar surface area (TPSA) is 104 Å². The molecule has 1 amide bonds. The summed E-state index contributed by atoms with van der Waals surface area (Å²) in [6, 6.07) is 14.9. The molecule has 7 nitrogen and oxygen atoms in total. The number of carbonyl (C=O) groups excluding carboxylic acids is 1. The average molecular weight is 434 g/mol. The molecular weight excluding hydrogens is 402 g/mol. The molecule has 0 bridgehead atoms. The molecule has 3 N–H and O–H groups in total. The van der Waals surface area contributed by atoms with Gasteiger partial charge in [0.05, 0.1) is 17.0 Å². The smallest absolute Gasteiger partial charge is 0.243 e. The number of likely N-dealkylation sites (N-methyl/N-ethyl adjacent to an activating group) is 1. The lowest BCUT2D eigenvalue weighted by Gasteiger charge is -2.33. The van der Waals surface area contributed by atoms with E-state index in [2.05, 4.69) is 0 Å². The summed E-state index contributed by atoms with van der Waals surface area (Å²) in [5, 5.41) is 11.0. The van der Waals surface area contributed by atoms with Crippen LogP contribution in [0.25, 0.3) is 0 Å². The Labute approximate surface area is 179 Å². The standard InChI is InChI=1S/C22H31N3O4S/c1-17(2)14-25(30(28,29)20-11-9-19(23)10-12-20)15-22(27)21(24(3)16-26)13-18-7-5-4-6-8-18/h4-12,16-17,21-22,27H,13-15,23H2,1-3H3/t21-,22+/m0/s1. The highest BCUT2D eigenvalue weighted by atomic mass is 32.2. The number of anilines is 1. The van der Waals surface area contributed by atoms with Gasteiger partial charge in [-0.2, -0.15) is 4.31 Å². The fraction of sp³-hybridized carbons (Fsp3) is 0.409. The van der Waals surface area contributed by atoms with Crippen molar-refractivity contribution in [2.45, 2.75) is 37.3 Å². The molecule has 2 rings (SSSR count). The van der Waals surface area contributed by atoms with Crippen molar-refractivity contribution in [3.05, 3.63) is 60.2 Å². The van der Waals surface area contributed by atoms with Crippen molar-refractivity contribution in [3.63, 3.8) is 0 Å². The lowest BCUT2D eigenvalue weighted by molar-refractivity contribution is -0.121. The molecule has 8 heteroatoms. The number of aliphatic hydroxyl groups is 1. The highest BCUT2D eigenvalue weighted by molar-refractivity contribution is 7.89. The molecule has 0 aliphatic heterocycles. The first-order valence-corrected chi connectivity index (χ1v) is 11.3. The molecule has 0 saturated carbocycles. The first kappa shape index (κ1) is 23.9. The van der Waals surface area contributed by atoms with E-state index in [1.54, 1.807) is 7.05 Å². The lowest BCUT2D eigenvalue weighted by atomic mass is 10.00. The van der Waals surface area contributed by atoms with Crippen LogP contribution in [0, 0.1) is 5.92 Å². The van der Waals surface area contributed by atoms with E-state index >= 15 is 0 Å². The van der Waals surface area contributed by atoms with Gasteiger partial charge < -0.3 is 15.7 Å². The number of nitrogens with zero attached hydrogens (tertiary/aromatic N) is 2. The van der Waals surface area contributed by atoms with Gasteiger partial charge in [-0.15, -0.1) is 0 Å². The van der Waals surface area contributed by atoms with Crippen molar-refractivity contribution in [1.82, 2.24) is 9.21 Å². The maximum absolute atomic E-state index is 13.2. The number of aliphatic hydroxyl groups excluding tert-OH is 1. The Morgan fingerprint density at radius 2 is 1.63 bits per heavy atom. The van der Waals surface area contributed by atoms with Gasteiger partial charge in [0.15, 0.2) is 0 Å². The van der Waals surface area contributed by atoms with Crippen LogP contribution in [0.5, 0.6) is 0 Å². The van der Waals surface area contributed by atoms with Gasteiger partial charge >= 0.3 is 0 Å². The van der Waals surface area contributed by atoms with Crippen molar-refractivity contribution >= 4 is 22.1 Å². The minimum absolute atomic E-state index is 0.0529. The zero-order valence-electron chi connectivity index (χ0n) is 17.7. The summed E-state index contributed by atoms with van der Waals surface area (Å²) >= 11 is 0. The zero-order valence-corrected chi connectivity index (χ0v) is 18.5. The lowest BCUT2D eigenvalue weighted by Crippen LogP contribution is -2.49. The van der Waals surface area contributed by atoms with E-state index in [1.165, 1.54) is 33.5 Å². The number of hydrogen-bond donors (Lipinski definition) is 2. The summed E-state index contributed by atoms with van der Waals surface area (Å²) in [7, 11) is -2.25. The number of rotatable bonds is 11. The van der Waals surface area contributed by atoms with Crippen molar-refractivity contribution in [2.24, 2.45) is 5.92 Å². The zero-order chi connectivity index (χ0) is 22.3. The quantitative estimate of drug-likeness (QED) is 0.417. The molecule has 0 aromatic heterocycles. The Balaban J connectivity index is 2.30. The fourth-order valence-corrected chi connectivity index (χ4v) is 4.90. The van der Waals surface area contributed by atoms with Gasteiger partial charge in [0, 0.05) is 25.8 Å². The molecule has 2 aromatic carbocycles. The van der Waals surface area contributed by atoms with Crippen molar-refractivity contribution < 1.29 is 18.3 Å². The number of carbonyl (C=O) groups is 1. The second kappa shape index (κ2) is 10.6. The van der Waals surface area contributed by atoms with Crippen LogP contribution in [-0.4, -0.2) is 61.4 Å². The van der Waals surface area contributed by atoms with Gasteiger partial charge in [0.2, 0.25) is 16.4 Å². The monoisotopic (exact) mass is 433 g/mol. The SMILES string of the molecule is CC(C)CN(C[C@@H](O)[C@H](Cc1ccccc1)N(C)C=O)S(=O)(=O)c1ccc(N)cc1. The molecule has 2 aromatic rings. The summed E-state index contributed by atoms with van der Waals surface area (Å²) < 4.78 is 27.7. The summed E-state index contributed by atoms with van der Waals surface area (Å²) in [5.41, 5.74) is 7.11. The van der Waals surface area contributed by atoms with E-state index < -0.39 is 22.2 Å². The van der Waals surface area contributed by atoms with Crippen molar-refractivity contribution in [2.75, 3.05) is 25.9 Å². The number of nitrogens with two attached hydrogens (primary N) is 1. The van der Waals surface area contributed by atoms with Crippen LogP contribution in [0.15, 0.2) is 59.5 Å². The summed E-state index contributed by atoms with van der Waals surface area (Å²) in [5.74, 6) is 0.0529. The predicted octanol–water partition coefficient (Wildman–Crippen LogP) is 1.98. The number of benzene rings is 2. The first-order valence-electron chi connectivity index (χ1n) is 9.90. The molecule has 0 heterocycles. The highest BCUT2D eigenvalue weighted by Crippen LogP contribution is 2.21. The number of sulfonamides is 1. The van der Waals surface area contributed by atoms with Crippen LogP contribution in [-0.2, 0) is 21.2 Å². The molecule has 164 valence electrons. The maximum atomic E-state index is 13.2. The second-order valence-corrected chi connectivity index (χ2v) is 9.82.